The summed E-state index contributed by atoms with van der Waals surface area (Å²) in [6.45, 7) is 3.60. The van der Waals surface area contributed by atoms with Gasteiger partial charge in [0.2, 0.25) is 0 Å². The Morgan fingerprint density at radius 2 is 2.07 bits per heavy atom. The van der Waals surface area contributed by atoms with Crippen molar-refractivity contribution < 1.29 is 4.39 Å². The Bertz CT molecular complexity index is 350. The van der Waals surface area contributed by atoms with Crippen LogP contribution in [-0.2, 0) is 5.54 Å². The Balaban J connectivity index is 3.29. The van der Waals surface area contributed by atoms with Gasteiger partial charge in [-0.2, -0.15) is 0 Å². The summed E-state index contributed by atoms with van der Waals surface area (Å²) >= 11 is 5.96. The van der Waals surface area contributed by atoms with Crippen molar-refractivity contribution in [2.24, 2.45) is 11.5 Å². The van der Waals surface area contributed by atoms with Crippen molar-refractivity contribution >= 4 is 11.6 Å². The molecule has 1 atom stereocenters. The fourth-order valence-electron chi connectivity index (χ4n) is 1.19. The lowest BCUT2D eigenvalue weighted by atomic mass is 9.92. The predicted octanol–water partition coefficient (Wildman–Crippen LogP) is 1.92. The largest absolute Gasteiger partial charge is 0.328 e. The summed E-state index contributed by atoms with van der Waals surface area (Å²) in [6.07, 6.45) is 0. The van der Waals surface area contributed by atoms with Gasteiger partial charge in [-0.1, -0.05) is 11.6 Å². The molecule has 1 aromatic rings. The zero-order valence-corrected chi connectivity index (χ0v) is 9.03. The zero-order valence-electron chi connectivity index (χ0n) is 8.27. The molecule has 1 rings (SSSR count). The summed E-state index contributed by atoms with van der Waals surface area (Å²) in [7, 11) is 0. The molecule has 0 aliphatic rings. The molecular formula is C10H14ClFN2. The molecule has 78 valence electrons. The van der Waals surface area contributed by atoms with E-state index in [9.17, 15) is 4.39 Å². The predicted molar refractivity (Wildman–Crippen MR) is 56.7 cm³/mol. The number of nitrogens with two attached hydrogens (primary N) is 2. The first-order valence-corrected chi connectivity index (χ1v) is 4.71. The van der Waals surface area contributed by atoms with Crippen LogP contribution in [0, 0.1) is 12.7 Å². The van der Waals surface area contributed by atoms with Crippen molar-refractivity contribution in [2.75, 3.05) is 6.54 Å². The highest BCUT2D eigenvalue weighted by molar-refractivity contribution is 6.31. The lowest BCUT2D eigenvalue weighted by Crippen LogP contribution is -2.41. The Morgan fingerprint density at radius 3 is 2.57 bits per heavy atom. The van der Waals surface area contributed by atoms with Gasteiger partial charge in [-0.15, -0.1) is 0 Å². The zero-order chi connectivity index (χ0) is 10.9. The minimum atomic E-state index is -0.786. The molecule has 0 aliphatic heterocycles. The van der Waals surface area contributed by atoms with Crippen molar-refractivity contribution in [3.05, 3.63) is 34.1 Å². The first-order valence-electron chi connectivity index (χ1n) is 4.33. The van der Waals surface area contributed by atoms with Crippen LogP contribution in [0.5, 0.6) is 0 Å². The van der Waals surface area contributed by atoms with Crippen LogP contribution in [0.4, 0.5) is 4.39 Å². The van der Waals surface area contributed by atoms with Crippen LogP contribution in [0.3, 0.4) is 0 Å². The molecule has 0 bridgehead atoms. The van der Waals surface area contributed by atoms with Crippen molar-refractivity contribution in [1.29, 1.82) is 0 Å². The lowest BCUT2D eigenvalue weighted by Gasteiger charge is -2.24. The van der Waals surface area contributed by atoms with Crippen LogP contribution >= 0.6 is 11.6 Å². The molecule has 0 radical (unpaired) electrons. The van der Waals surface area contributed by atoms with Gasteiger partial charge in [0.05, 0.1) is 5.54 Å². The summed E-state index contributed by atoms with van der Waals surface area (Å²) in [5.74, 6) is -0.311. The van der Waals surface area contributed by atoms with Gasteiger partial charge in [0.25, 0.3) is 0 Å². The van der Waals surface area contributed by atoms with Crippen LogP contribution in [0.25, 0.3) is 0 Å². The SMILES string of the molecule is Cc1cc(Cl)c(C(C)(N)CN)cc1F. The van der Waals surface area contributed by atoms with Gasteiger partial charge in [-0.05, 0) is 37.1 Å². The highest BCUT2D eigenvalue weighted by Gasteiger charge is 2.23. The van der Waals surface area contributed by atoms with Crippen molar-refractivity contribution in [1.82, 2.24) is 0 Å². The van der Waals surface area contributed by atoms with E-state index in [4.69, 9.17) is 23.1 Å². The molecule has 1 aromatic carbocycles. The van der Waals surface area contributed by atoms with Crippen LogP contribution in [-0.4, -0.2) is 6.54 Å². The Hall–Kier alpha value is -0.640. The van der Waals surface area contributed by atoms with Gasteiger partial charge < -0.3 is 11.5 Å². The Labute approximate surface area is 88.0 Å². The highest BCUT2D eigenvalue weighted by atomic mass is 35.5. The van der Waals surface area contributed by atoms with Gasteiger partial charge >= 0.3 is 0 Å². The molecule has 0 spiro atoms. The third-order valence-electron chi connectivity index (χ3n) is 2.29. The number of hydrogen-bond acceptors (Lipinski definition) is 2. The van der Waals surface area contributed by atoms with Gasteiger partial charge in [0.1, 0.15) is 5.82 Å². The molecule has 0 saturated carbocycles. The topological polar surface area (TPSA) is 52.0 Å². The third kappa shape index (κ3) is 2.05. The van der Waals surface area contributed by atoms with Crippen LogP contribution in [0.1, 0.15) is 18.1 Å². The lowest BCUT2D eigenvalue weighted by molar-refractivity contribution is 0.501. The number of rotatable bonds is 2. The molecular weight excluding hydrogens is 203 g/mol. The van der Waals surface area contributed by atoms with E-state index in [0.717, 1.165) is 0 Å². The normalized spacial score (nSPS) is 15.3. The average molecular weight is 217 g/mol. The first kappa shape index (κ1) is 11.4. The third-order valence-corrected chi connectivity index (χ3v) is 2.60. The quantitative estimate of drug-likeness (QED) is 0.794. The first-order chi connectivity index (χ1) is 6.38. The van der Waals surface area contributed by atoms with E-state index in [1.807, 2.05) is 0 Å². The fourth-order valence-corrected chi connectivity index (χ4v) is 1.63. The van der Waals surface area contributed by atoms with E-state index < -0.39 is 5.54 Å². The van der Waals surface area contributed by atoms with E-state index in [-0.39, 0.29) is 12.4 Å². The number of benzene rings is 1. The summed E-state index contributed by atoms with van der Waals surface area (Å²) in [6, 6.07) is 2.91. The number of halogens is 2. The second-order valence-electron chi connectivity index (χ2n) is 3.70. The standard InChI is InChI=1S/C10H14ClFN2/c1-6-3-8(11)7(4-9(6)12)10(2,14)5-13/h3-4H,5,13-14H2,1-2H3. The van der Waals surface area contributed by atoms with Crippen LogP contribution in [0.15, 0.2) is 12.1 Å². The molecule has 1 unspecified atom stereocenters. The summed E-state index contributed by atoms with van der Waals surface area (Å²) in [4.78, 5) is 0. The summed E-state index contributed by atoms with van der Waals surface area (Å²) in [5.41, 5.74) is 11.6. The highest BCUT2D eigenvalue weighted by Crippen LogP contribution is 2.27. The fraction of sp³-hybridized carbons (Fsp3) is 0.400. The van der Waals surface area contributed by atoms with Gasteiger partial charge in [-0.3, -0.25) is 0 Å². The maximum absolute atomic E-state index is 13.3. The number of aryl methyl sites for hydroxylation is 1. The second-order valence-corrected chi connectivity index (χ2v) is 4.11. The summed E-state index contributed by atoms with van der Waals surface area (Å²) < 4.78 is 13.3. The Kier molecular flexibility index (Phi) is 3.14. The van der Waals surface area contributed by atoms with E-state index in [1.165, 1.54) is 6.07 Å². The van der Waals surface area contributed by atoms with Crippen molar-refractivity contribution in [3.63, 3.8) is 0 Å². The molecule has 0 aliphatic carbocycles. The molecule has 0 saturated heterocycles. The second kappa shape index (κ2) is 3.85. The Morgan fingerprint density at radius 1 is 1.50 bits per heavy atom. The van der Waals surface area contributed by atoms with Gasteiger partial charge in [0.15, 0.2) is 0 Å². The van der Waals surface area contributed by atoms with Gasteiger partial charge in [0, 0.05) is 11.6 Å². The molecule has 4 N–H and O–H groups in total. The molecule has 0 amide bonds. The van der Waals surface area contributed by atoms with E-state index in [0.29, 0.717) is 16.1 Å². The maximum Gasteiger partial charge on any atom is 0.126 e. The van der Waals surface area contributed by atoms with Crippen LogP contribution < -0.4 is 11.5 Å². The van der Waals surface area contributed by atoms with Crippen molar-refractivity contribution in [3.8, 4) is 0 Å². The monoisotopic (exact) mass is 216 g/mol. The smallest absolute Gasteiger partial charge is 0.126 e. The van der Waals surface area contributed by atoms with E-state index >= 15 is 0 Å². The summed E-state index contributed by atoms with van der Waals surface area (Å²) in [5, 5.41) is 0.458. The minimum Gasteiger partial charge on any atom is -0.328 e. The van der Waals surface area contributed by atoms with E-state index in [2.05, 4.69) is 0 Å². The van der Waals surface area contributed by atoms with Crippen LogP contribution in [0.2, 0.25) is 5.02 Å². The molecule has 0 fully saturated rings. The minimum absolute atomic E-state index is 0.217. The molecule has 4 heteroatoms. The number of hydrogen-bond donors (Lipinski definition) is 2. The molecule has 0 heterocycles. The van der Waals surface area contributed by atoms with E-state index in [1.54, 1.807) is 19.9 Å². The maximum atomic E-state index is 13.3. The molecule has 14 heavy (non-hydrogen) atoms. The van der Waals surface area contributed by atoms with Gasteiger partial charge in [-0.25, -0.2) is 4.39 Å². The molecule has 2 nitrogen and oxygen atoms in total. The van der Waals surface area contributed by atoms with Crippen molar-refractivity contribution in [2.45, 2.75) is 19.4 Å². The average Bonchev–Trinajstić information content (AvgIpc) is 2.11. The molecule has 0 aromatic heterocycles.